The Balaban J connectivity index is 1.65. The first-order valence-corrected chi connectivity index (χ1v) is 7.47. The first-order chi connectivity index (χ1) is 9.37. The molecule has 0 radical (unpaired) electrons. The van der Waals surface area contributed by atoms with Gasteiger partial charge in [-0.1, -0.05) is 19.9 Å². The van der Waals surface area contributed by atoms with Crippen LogP contribution in [0.1, 0.15) is 31.4 Å². The molecule has 0 amide bonds. The molecule has 0 spiro atoms. The van der Waals surface area contributed by atoms with E-state index in [-0.39, 0.29) is 0 Å². The van der Waals surface area contributed by atoms with Crippen molar-refractivity contribution in [2.24, 2.45) is 11.3 Å². The first kappa shape index (κ1) is 15.3. The summed E-state index contributed by atoms with van der Waals surface area (Å²) in [6.07, 6.45) is 0.826. The first-order valence-electron chi connectivity index (χ1n) is 7.47. The fourth-order valence-electron chi connectivity index (χ4n) is 2.62. The Morgan fingerprint density at radius 2 is 1.90 bits per heavy atom. The predicted molar refractivity (Wildman–Crippen MR) is 82.2 cm³/mol. The molecule has 1 fully saturated rings. The van der Waals surface area contributed by atoms with Crippen molar-refractivity contribution in [1.82, 2.24) is 5.32 Å². The number of aliphatic hydroxyl groups is 1. The highest BCUT2D eigenvalue weighted by Gasteiger charge is 2.44. The number of rotatable bonds is 7. The van der Waals surface area contributed by atoms with Gasteiger partial charge in [0.1, 0.15) is 18.5 Å². The maximum absolute atomic E-state index is 9.92. The maximum atomic E-state index is 9.92. The summed E-state index contributed by atoms with van der Waals surface area (Å²) in [4.78, 5) is 0. The molecule has 2 unspecified atom stereocenters. The van der Waals surface area contributed by atoms with Gasteiger partial charge in [-0.05, 0) is 61.4 Å². The van der Waals surface area contributed by atoms with Gasteiger partial charge >= 0.3 is 0 Å². The van der Waals surface area contributed by atoms with Crippen molar-refractivity contribution in [3.63, 3.8) is 0 Å². The zero-order valence-electron chi connectivity index (χ0n) is 13.1. The number of ether oxygens (including phenoxy) is 1. The summed E-state index contributed by atoms with van der Waals surface area (Å²) in [7, 11) is 0. The van der Waals surface area contributed by atoms with Crippen LogP contribution in [0.2, 0.25) is 0 Å². The van der Waals surface area contributed by atoms with Crippen molar-refractivity contribution in [1.29, 1.82) is 0 Å². The summed E-state index contributed by atoms with van der Waals surface area (Å²) < 4.78 is 5.65. The van der Waals surface area contributed by atoms with Crippen molar-refractivity contribution in [2.75, 3.05) is 19.7 Å². The number of aryl methyl sites for hydroxylation is 2. The van der Waals surface area contributed by atoms with Crippen LogP contribution in [-0.4, -0.2) is 30.9 Å². The topological polar surface area (TPSA) is 41.5 Å². The van der Waals surface area contributed by atoms with Gasteiger partial charge in [0.05, 0.1) is 0 Å². The van der Waals surface area contributed by atoms with Crippen LogP contribution in [0.4, 0.5) is 0 Å². The van der Waals surface area contributed by atoms with Crippen molar-refractivity contribution < 1.29 is 9.84 Å². The Kier molecular flexibility index (Phi) is 4.71. The number of hydrogen-bond acceptors (Lipinski definition) is 3. The average molecular weight is 277 g/mol. The lowest BCUT2D eigenvalue weighted by atomic mass is 10.1. The zero-order valence-corrected chi connectivity index (χ0v) is 13.1. The smallest absolute Gasteiger partial charge is 0.119 e. The van der Waals surface area contributed by atoms with Gasteiger partial charge < -0.3 is 15.2 Å². The van der Waals surface area contributed by atoms with E-state index in [9.17, 15) is 5.11 Å². The molecule has 1 aliphatic rings. The molecule has 2 rings (SSSR count). The molecule has 2 atom stereocenters. The van der Waals surface area contributed by atoms with Crippen LogP contribution in [-0.2, 0) is 0 Å². The second-order valence-corrected chi connectivity index (χ2v) is 6.84. The number of nitrogens with one attached hydrogen (secondary N) is 1. The Morgan fingerprint density at radius 1 is 1.30 bits per heavy atom. The molecule has 0 bridgehead atoms. The van der Waals surface area contributed by atoms with Crippen LogP contribution in [0.5, 0.6) is 5.75 Å². The average Bonchev–Trinajstić information content (AvgIpc) is 2.93. The van der Waals surface area contributed by atoms with Crippen LogP contribution < -0.4 is 10.1 Å². The summed E-state index contributed by atoms with van der Waals surface area (Å²) >= 11 is 0. The van der Waals surface area contributed by atoms with E-state index >= 15 is 0 Å². The van der Waals surface area contributed by atoms with Gasteiger partial charge in [0.25, 0.3) is 0 Å². The summed E-state index contributed by atoms with van der Waals surface area (Å²) in [6.45, 7) is 10.6. The highest BCUT2D eigenvalue weighted by molar-refractivity contribution is 5.32. The van der Waals surface area contributed by atoms with Gasteiger partial charge in [0.2, 0.25) is 0 Å². The van der Waals surface area contributed by atoms with E-state index in [1.807, 2.05) is 12.1 Å². The monoisotopic (exact) mass is 277 g/mol. The lowest BCUT2D eigenvalue weighted by Crippen LogP contribution is -2.33. The van der Waals surface area contributed by atoms with Gasteiger partial charge in [-0.2, -0.15) is 0 Å². The van der Waals surface area contributed by atoms with Gasteiger partial charge in [0, 0.05) is 6.54 Å². The largest absolute Gasteiger partial charge is 0.491 e. The van der Waals surface area contributed by atoms with Crippen molar-refractivity contribution in [3.05, 3.63) is 29.3 Å². The third-order valence-electron chi connectivity index (χ3n) is 4.13. The minimum Gasteiger partial charge on any atom is -0.491 e. The lowest BCUT2D eigenvalue weighted by Gasteiger charge is -2.14. The normalized spacial score (nSPS) is 21.6. The highest BCUT2D eigenvalue weighted by Crippen LogP contribution is 2.50. The van der Waals surface area contributed by atoms with Gasteiger partial charge in [-0.25, -0.2) is 0 Å². The number of aliphatic hydroxyl groups excluding tert-OH is 1. The van der Waals surface area contributed by atoms with Gasteiger partial charge in [-0.3, -0.25) is 0 Å². The molecule has 2 N–H and O–H groups in total. The fraction of sp³-hybridized carbons (Fsp3) is 0.647. The number of benzene rings is 1. The van der Waals surface area contributed by atoms with Crippen LogP contribution >= 0.6 is 0 Å². The molecular formula is C17H27NO2. The molecular weight excluding hydrogens is 250 g/mol. The minimum absolute atomic E-state index is 0.337. The van der Waals surface area contributed by atoms with Crippen molar-refractivity contribution in [3.8, 4) is 5.75 Å². The molecule has 1 aromatic carbocycles. The van der Waals surface area contributed by atoms with E-state index in [2.05, 4.69) is 39.1 Å². The second kappa shape index (κ2) is 6.15. The molecule has 112 valence electrons. The van der Waals surface area contributed by atoms with E-state index < -0.39 is 6.10 Å². The molecule has 0 aromatic heterocycles. The molecule has 3 heteroatoms. The quantitative estimate of drug-likeness (QED) is 0.805. The standard InChI is InChI=1S/C17H27NO2/c1-12-5-13(2)7-16(6-12)20-11-15(19)10-18-9-14-8-17(14,3)4/h5-7,14-15,18-19H,8-11H2,1-4H3. The summed E-state index contributed by atoms with van der Waals surface area (Å²) in [6, 6.07) is 6.11. The van der Waals surface area contributed by atoms with E-state index in [1.165, 1.54) is 17.5 Å². The molecule has 1 aliphatic carbocycles. The fourth-order valence-corrected chi connectivity index (χ4v) is 2.62. The predicted octanol–water partition coefficient (Wildman–Crippen LogP) is 2.68. The molecule has 1 saturated carbocycles. The SMILES string of the molecule is Cc1cc(C)cc(OCC(O)CNCC2CC2(C)C)c1. The van der Waals surface area contributed by atoms with Crippen molar-refractivity contribution >= 4 is 0 Å². The van der Waals surface area contributed by atoms with E-state index in [4.69, 9.17) is 4.74 Å². The summed E-state index contributed by atoms with van der Waals surface area (Å²) in [5.74, 6) is 1.60. The third kappa shape index (κ3) is 4.50. The molecule has 3 nitrogen and oxygen atoms in total. The van der Waals surface area contributed by atoms with Gasteiger partial charge in [0.15, 0.2) is 0 Å². The second-order valence-electron chi connectivity index (χ2n) is 6.84. The number of hydrogen-bond donors (Lipinski definition) is 2. The van der Waals surface area contributed by atoms with Crippen LogP contribution in [0, 0.1) is 25.2 Å². The Bertz CT molecular complexity index is 436. The van der Waals surface area contributed by atoms with Crippen LogP contribution in [0.3, 0.4) is 0 Å². The molecule has 20 heavy (non-hydrogen) atoms. The van der Waals surface area contributed by atoms with E-state index in [0.717, 1.165) is 18.2 Å². The highest BCUT2D eigenvalue weighted by atomic mass is 16.5. The summed E-state index contributed by atoms with van der Waals surface area (Å²) in [5, 5.41) is 13.3. The Labute approximate surface area is 122 Å². The van der Waals surface area contributed by atoms with Crippen molar-refractivity contribution in [2.45, 2.75) is 40.2 Å². The Morgan fingerprint density at radius 3 is 2.45 bits per heavy atom. The summed E-state index contributed by atoms with van der Waals surface area (Å²) in [5.41, 5.74) is 2.86. The molecule has 0 saturated heterocycles. The minimum atomic E-state index is -0.460. The van der Waals surface area contributed by atoms with E-state index in [1.54, 1.807) is 0 Å². The van der Waals surface area contributed by atoms with E-state index in [0.29, 0.717) is 18.6 Å². The third-order valence-corrected chi connectivity index (χ3v) is 4.13. The lowest BCUT2D eigenvalue weighted by molar-refractivity contribution is 0.106. The maximum Gasteiger partial charge on any atom is 0.119 e. The molecule has 0 aliphatic heterocycles. The Hall–Kier alpha value is -1.06. The molecule has 1 aromatic rings. The molecule has 0 heterocycles. The van der Waals surface area contributed by atoms with Gasteiger partial charge in [-0.15, -0.1) is 0 Å². The van der Waals surface area contributed by atoms with Crippen LogP contribution in [0.25, 0.3) is 0 Å². The van der Waals surface area contributed by atoms with Crippen LogP contribution in [0.15, 0.2) is 18.2 Å². The zero-order chi connectivity index (χ0) is 14.8.